The highest BCUT2D eigenvalue weighted by Crippen LogP contribution is 2.18. The van der Waals surface area contributed by atoms with Gasteiger partial charge in [0.2, 0.25) is 0 Å². The summed E-state index contributed by atoms with van der Waals surface area (Å²) in [6.45, 7) is 10.7. The first kappa shape index (κ1) is 18.0. The van der Waals surface area contributed by atoms with Gasteiger partial charge in [0.05, 0.1) is 0 Å². The highest BCUT2D eigenvalue weighted by atomic mass is 15.2. The van der Waals surface area contributed by atoms with E-state index in [9.17, 15) is 0 Å². The van der Waals surface area contributed by atoms with Gasteiger partial charge in [-0.2, -0.15) is 0 Å². The van der Waals surface area contributed by atoms with E-state index in [4.69, 9.17) is 0 Å². The SMILES string of the molecule is CCCCCCCCCCN1CCC(NCC)CC1C. The van der Waals surface area contributed by atoms with Crippen molar-refractivity contribution in [3.63, 3.8) is 0 Å². The van der Waals surface area contributed by atoms with Gasteiger partial charge in [-0.25, -0.2) is 0 Å². The lowest BCUT2D eigenvalue weighted by Gasteiger charge is -2.38. The van der Waals surface area contributed by atoms with Gasteiger partial charge in [-0.3, -0.25) is 0 Å². The zero-order valence-corrected chi connectivity index (χ0v) is 14.3. The number of nitrogens with zero attached hydrogens (tertiary/aromatic N) is 1. The molecule has 1 saturated heterocycles. The zero-order chi connectivity index (χ0) is 14.6. The summed E-state index contributed by atoms with van der Waals surface area (Å²) >= 11 is 0. The van der Waals surface area contributed by atoms with Gasteiger partial charge in [-0.15, -0.1) is 0 Å². The summed E-state index contributed by atoms with van der Waals surface area (Å²) in [5, 5.41) is 3.61. The highest BCUT2D eigenvalue weighted by Gasteiger charge is 2.23. The third-order valence-electron chi connectivity index (χ3n) is 4.81. The second kappa shape index (κ2) is 11.6. The van der Waals surface area contributed by atoms with Crippen LogP contribution in [0, 0.1) is 0 Å². The predicted octanol–water partition coefficient (Wildman–Crippen LogP) is 4.59. The van der Waals surface area contributed by atoms with Crippen molar-refractivity contribution >= 4 is 0 Å². The van der Waals surface area contributed by atoms with Crippen molar-refractivity contribution in [2.24, 2.45) is 0 Å². The number of piperidine rings is 1. The Morgan fingerprint density at radius 1 is 0.950 bits per heavy atom. The van der Waals surface area contributed by atoms with E-state index in [1.807, 2.05) is 0 Å². The monoisotopic (exact) mass is 282 g/mol. The van der Waals surface area contributed by atoms with E-state index in [0.717, 1.165) is 18.6 Å². The van der Waals surface area contributed by atoms with Crippen LogP contribution in [0.2, 0.25) is 0 Å². The van der Waals surface area contributed by atoms with Crippen LogP contribution in [0.25, 0.3) is 0 Å². The van der Waals surface area contributed by atoms with Gasteiger partial charge in [-0.1, -0.05) is 58.8 Å². The second-order valence-corrected chi connectivity index (χ2v) is 6.64. The van der Waals surface area contributed by atoms with Crippen LogP contribution in [-0.4, -0.2) is 36.6 Å². The molecular weight excluding hydrogens is 244 g/mol. The molecule has 20 heavy (non-hydrogen) atoms. The highest BCUT2D eigenvalue weighted by molar-refractivity contribution is 4.82. The molecule has 120 valence electrons. The van der Waals surface area contributed by atoms with Gasteiger partial charge >= 0.3 is 0 Å². The fourth-order valence-electron chi connectivity index (χ4n) is 3.48. The average molecular weight is 283 g/mol. The first-order valence-electron chi connectivity index (χ1n) is 9.25. The number of likely N-dealkylation sites (tertiary alicyclic amines) is 1. The minimum absolute atomic E-state index is 0.768. The van der Waals surface area contributed by atoms with Crippen LogP contribution in [0.3, 0.4) is 0 Å². The van der Waals surface area contributed by atoms with Gasteiger partial charge in [-0.05, 0) is 45.8 Å². The maximum atomic E-state index is 3.61. The lowest BCUT2D eigenvalue weighted by atomic mass is 9.97. The van der Waals surface area contributed by atoms with E-state index >= 15 is 0 Å². The number of rotatable bonds is 11. The minimum atomic E-state index is 0.768. The molecule has 0 aromatic heterocycles. The average Bonchev–Trinajstić information content (AvgIpc) is 2.44. The van der Waals surface area contributed by atoms with Crippen molar-refractivity contribution in [2.75, 3.05) is 19.6 Å². The second-order valence-electron chi connectivity index (χ2n) is 6.64. The fraction of sp³-hybridized carbons (Fsp3) is 1.00. The van der Waals surface area contributed by atoms with E-state index in [0.29, 0.717) is 0 Å². The molecule has 1 aliphatic heterocycles. The quantitative estimate of drug-likeness (QED) is 0.558. The largest absolute Gasteiger partial charge is 0.314 e. The van der Waals surface area contributed by atoms with Crippen molar-refractivity contribution in [2.45, 2.75) is 97.1 Å². The molecule has 0 aromatic rings. The minimum Gasteiger partial charge on any atom is -0.314 e. The molecule has 1 heterocycles. The van der Waals surface area contributed by atoms with Crippen molar-refractivity contribution in [1.82, 2.24) is 10.2 Å². The summed E-state index contributed by atoms with van der Waals surface area (Å²) in [5.41, 5.74) is 0. The Bertz CT molecular complexity index is 217. The fourth-order valence-corrected chi connectivity index (χ4v) is 3.48. The first-order valence-corrected chi connectivity index (χ1v) is 9.25. The van der Waals surface area contributed by atoms with Gasteiger partial charge in [0.1, 0.15) is 0 Å². The van der Waals surface area contributed by atoms with Gasteiger partial charge in [0.15, 0.2) is 0 Å². The van der Waals surface area contributed by atoms with Crippen LogP contribution in [0.4, 0.5) is 0 Å². The summed E-state index contributed by atoms with van der Waals surface area (Å²) in [5.74, 6) is 0. The molecule has 0 aliphatic carbocycles. The molecule has 0 spiro atoms. The molecule has 1 N–H and O–H groups in total. The maximum Gasteiger partial charge on any atom is 0.00939 e. The van der Waals surface area contributed by atoms with Crippen LogP contribution in [0.15, 0.2) is 0 Å². The van der Waals surface area contributed by atoms with Crippen LogP contribution in [0.1, 0.15) is 85.0 Å². The molecule has 2 unspecified atom stereocenters. The Kier molecular flexibility index (Phi) is 10.4. The van der Waals surface area contributed by atoms with Crippen LogP contribution in [-0.2, 0) is 0 Å². The molecule has 2 heteroatoms. The van der Waals surface area contributed by atoms with Crippen LogP contribution < -0.4 is 5.32 Å². The summed E-state index contributed by atoms with van der Waals surface area (Å²) in [7, 11) is 0. The summed E-state index contributed by atoms with van der Waals surface area (Å²) in [6, 6.07) is 1.54. The number of hydrogen-bond donors (Lipinski definition) is 1. The maximum absolute atomic E-state index is 3.61. The zero-order valence-electron chi connectivity index (χ0n) is 14.3. The van der Waals surface area contributed by atoms with Crippen molar-refractivity contribution in [1.29, 1.82) is 0 Å². The standard InChI is InChI=1S/C18H38N2/c1-4-6-7-8-9-10-11-12-14-20-15-13-18(19-5-2)16-17(20)3/h17-19H,4-16H2,1-3H3. The summed E-state index contributed by atoms with van der Waals surface area (Å²) in [6.07, 6.45) is 14.1. The number of unbranched alkanes of at least 4 members (excludes halogenated alkanes) is 7. The molecular formula is C18H38N2. The normalized spacial score (nSPS) is 24.1. The predicted molar refractivity (Wildman–Crippen MR) is 90.3 cm³/mol. The van der Waals surface area contributed by atoms with Crippen molar-refractivity contribution < 1.29 is 0 Å². The Hall–Kier alpha value is -0.0800. The van der Waals surface area contributed by atoms with Gasteiger partial charge < -0.3 is 10.2 Å². The van der Waals surface area contributed by atoms with Crippen molar-refractivity contribution in [3.8, 4) is 0 Å². The Labute approximate surface area is 127 Å². The lowest BCUT2D eigenvalue weighted by Crippen LogP contribution is -2.47. The number of nitrogens with one attached hydrogen (secondary N) is 1. The molecule has 0 saturated carbocycles. The topological polar surface area (TPSA) is 15.3 Å². The molecule has 2 nitrogen and oxygen atoms in total. The van der Waals surface area contributed by atoms with Crippen molar-refractivity contribution in [3.05, 3.63) is 0 Å². The third-order valence-corrected chi connectivity index (χ3v) is 4.81. The first-order chi connectivity index (χ1) is 9.77. The Morgan fingerprint density at radius 2 is 1.60 bits per heavy atom. The lowest BCUT2D eigenvalue weighted by molar-refractivity contribution is 0.134. The molecule has 1 fully saturated rings. The van der Waals surface area contributed by atoms with Crippen LogP contribution >= 0.6 is 0 Å². The van der Waals surface area contributed by atoms with E-state index in [2.05, 4.69) is 31.0 Å². The van der Waals surface area contributed by atoms with Crippen LogP contribution in [0.5, 0.6) is 0 Å². The third kappa shape index (κ3) is 7.64. The molecule has 2 atom stereocenters. The Balaban J connectivity index is 1.97. The molecule has 0 amide bonds. The van der Waals surface area contributed by atoms with Gasteiger partial charge in [0.25, 0.3) is 0 Å². The molecule has 0 aromatic carbocycles. The Morgan fingerprint density at radius 3 is 2.20 bits per heavy atom. The molecule has 0 radical (unpaired) electrons. The molecule has 1 rings (SSSR count). The molecule has 1 aliphatic rings. The van der Waals surface area contributed by atoms with E-state index in [1.54, 1.807) is 0 Å². The van der Waals surface area contributed by atoms with E-state index < -0.39 is 0 Å². The molecule has 0 bridgehead atoms. The smallest absolute Gasteiger partial charge is 0.00939 e. The summed E-state index contributed by atoms with van der Waals surface area (Å²) in [4.78, 5) is 2.71. The summed E-state index contributed by atoms with van der Waals surface area (Å²) < 4.78 is 0. The van der Waals surface area contributed by atoms with E-state index in [1.165, 1.54) is 77.3 Å². The number of hydrogen-bond acceptors (Lipinski definition) is 2. The van der Waals surface area contributed by atoms with Gasteiger partial charge in [0, 0.05) is 12.1 Å². The van der Waals surface area contributed by atoms with E-state index in [-0.39, 0.29) is 0 Å².